The third-order valence-corrected chi connectivity index (χ3v) is 4.94. The van der Waals surface area contributed by atoms with E-state index in [-0.39, 0.29) is 16.7 Å². The van der Waals surface area contributed by atoms with Gasteiger partial charge in [0.25, 0.3) is 11.4 Å². The molecule has 0 aliphatic heterocycles. The predicted molar refractivity (Wildman–Crippen MR) is 115 cm³/mol. The number of hydrogen-bond acceptors (Lipinski definition) is 7. The van der Waals surface area contributed by atoms with Crippen molar-refractivity contribution < 1.29 is 24.2 Å². The molecule has 0 aliphatic carbocycles. The van der Waals surface area contributed by atoms with Crippen molar-refractivity contribution >= 4 is 34.7 Å². The number of nitro groups is 2. The third-order valence-electron chi connectivity index (χ3n) is 4.69. The Hall–Kier alpha value is -4.11. The number of nitrogens with zero attached hydrogens (tertiary/aromatic N) is 2. The Balaban J connectivity index is 2.06. The molecule has 0 fully saturated rings. The molecule has 0 radical (unpaired) electrons. The summed E-state index contributed by atoms with van der Waals surface area (Å²) < 4.78 is 5.45. The highest BCUT2D eigenvalue weighted by Crippen LogP contribution is 2.31. The number of carbonyl (C=O) groups is 2. The first-order valence-corrected chi connectivity index (χ1v) is 9.56. The fourth-order valence-corrected chi connectivity index (χ4v) is 3.15. The van der Waals surface area contributed by atoms with Gasteiger partial charge in [-0.3, -0.25) is 25.0 Å². The monoisotopic (exact) mass is 454 g/mol. The van der Waals surface area contributed by atoms with Gasteiger partial charge < -0.3 is 4.74 Å². The molecule has 0 aromatic heterocycles. The summed E-state index contributed by atoms with van der Waals surface area (Å²) in [7, 11) is 0. The van der Waals surface area contributed by atoms with Gasteiger partial charge in [-0.25, -0.2) is 4.79 Å². The van der Waals surface area contributed by atoms with Crippen LogP contribution in [0.5, 0.6) is 0 Å². The quantitative estimate of drug-likeness (QED) is 0.206. The molecule has 162 valence electrons. The number of halogens is 1. The number of carbonyl (C=O) groups excluding carboxylic acids is 2. The number of ether oxygens (including phenoxy) is 1. The van der Waals surface area contributed by atoms with Crippen molar-refractivity contribution in [3.05, 3.63) is 114 Å². The molecule has 9 nitrogen and oxygen atoms in total. The number of non-ortho nitro benzene ring substituents is 1. The van der Waals surface area contributed by atoms with Crippen molar-refractivity contribution in [1.82, 2.24) is 0 Å². The minimum absolute atomic E-state index is 0.118. The van der Waals surface area contributed by atoms with Crippen LogP contribution < -0.4 is 0 Å². The van der Waals surface area contributed by atoms with Gasteiger partial charge in [-0.05, 0) is 19.1 Å². The minimum atomic E-state index is -1.40. The molecule has 0 amide bonds. The molecule has 0 saturated heterocycles. The maximum Gasteiger partial charge on any atom is 0.339 e. The lowest BCUT2D eigenvalue weighted by Gasteiger charge is -2.18. The van der Waals surface area contributed by atoms with E-state index < -0.39 is 39.1 Å². The molecule has 3 aromatic rings. The summed E-state index contributed by atoms with van der Waals surface area (Å²) in [6.45, 7) is 1.27. The number of Topliss-reactive ketones (excluding diaryl/α,β-unsaturated/α-hetero) is 1. The zero-order valence-corrected chi connectivity index (χ0v) is 17.3. The van der Waals surface area contributed by atoms with Gasteiger partial charge in [0, 0.05) is 27.8 Å². The maximum atomic E-state index is 13.1. The van der Waals surface area contributed by atoms with Crippen LogP contribution >= 0.6 is 11.6 Å². The average Bonchev–Trinajstić information content (AvgIpc) is 2.78. The second-order valence-corrected chi connectivity index (χ2v) is 7.16. The van der Waals surface area contributed by atoms with Crippen LogP contribution in [-0.4, -0.2) is 21.6 Å². The molecule has 0 spiro atoms. The van der Waals surface area contributed by atoms with Gasteiger partial charge in [-0.2, -0.15) is 0 Å². The maximum absolute atomic E-state index is 13.1. The Morgan fingerprint density at radius 1 is 0.938 bits per heavy atom. The molecule has 0 aliphatic rings. The smallest absolute Gasteiger partial charge is 0.339 e. The summed E-state index contributed by atoms with van der Waals surface area (Å²) in [5.74, 6) is -1.66. The molecule has 0 N–H and O–H groups in total. The highest BCUT2D eigenvalue weighted by molar-refractivity contribution is 6.30. The first kappa shape index (κ1) is 22.6. The first-order valence-electron chi connectivity index (χ1n) is 9.18. The molecule has 10 heteroatoms. The van der Waals surface area contributed by atoms with Crippen LogP contribution in [0.15, 0.2) is 66.7 Å². The summed E-state index contributed by atoms with van der Waals surface area (Å²) >= 11 is 5.91. The SMILES string of the molecule is Cc1c(C(=O)O[C@@H](C(=O)c2ccccc2)c2ccc(Cl)cc2)cc([N+](=O)[O-])cc1[N+](=O)[O-]. The van der Waals surface area contributed by atoms with Crippen molar-refractivity contribution in [2.45, 2.75) is 13.0 Å². The van der Waals surface area contributed by atoms with Crippen LogP contribution in [0, 0.1) is 27.2 Å². The molecule has 32 heavy (non-hydrogen) atoms. The molecule has 0 bridgehead atoms. The van der Waals surface area contributed by atoms with Gasteiger partial charge in [0.05, 0.1) is 21.5 Å². The fourth-order valence-electron chi connectivity index (χ4n) is 3.03. The normalized spacial score (nSPS) is 11.4. The van der Waals surface area contributed by atoms with Crippen LogP contribution in [0.1, 0.15) is 37.9 Å². The van der Waals surface area contributed by atoms with Crippen molar-refractivity contribution in [1.29, 1.82) is 0 Å². The highest BCUT2D eigenvalue weighted by Gasteiger charge is 2.30. The lowest BCUT2D eigenvalue weighted by Crippen LogP contribution is -2.21. The first-order chi connectivity index (χ1) is 15.2. The van der Waals surface area contributed by atoms with E-state index in [0.717, 1.165) is 12.1 Å². The molecule has 1 atom stereocenters. The number of rotatable bonds is 7. The Kier molecular flexibility index (Phi) is 6.60. The Labute approximate surface area is 186 Å². The number of hydrogen-bond donors (Lipinski definition) is 0. The highest BCUT2D eigenvalue weighted by atomic mass is 35.5. The number of benzene rings is 3. The van der Waals surface area contributed by atoms with Gasteiger partial charge in [0.1, 0.15) is 0 Å². The lowest BCUT2D eigenvalue weighted by atomic mass is 9.99. The number of ketones is 1. The van der Waals surface area contributed by atoms with Crippen molar-refractivity contribution in [3.8, 4) is 0 Å². The van der Waals surface area contributed by atoms with Crippen LogP contribution in [0.3, 0.4) is 0 Å². The van der Waals surface area contributed by atoms with Crippen molar-refractivity contribution in [2.24, 2.45) is 0 Å². The van der Waals surface area contributed by atoms with Gasteiger partial charge in [-0.1, -0.05) is 54.1 Å². The van der Waals surface area contributed by atoms with E-state index >= 15 is 0 Å². The standard InChI is InChI=1S/C22H15ClN2O7/c1-13-18(11-17(24(28)29)12-19(13)25(30)31)22(27)32-21(15-7-9-16(23)10-8-15)20(26)14-5-3-2-4-6-14/h2-12,21H,1H3/t21-/m1/s1. The van der Waals surface area contributed by atoms with E-state index in [1.807, 2.05) is 0 Å². The summed E-state index contributed by atoms with van der Waals surface area (Å²) in [5, 5.41) is 22.9. The molecule has 0 saturated carbocycles. The summed E-state index contributed by atoms with van der Waals surface area (Å²) in [4.78, 5) is 46.9. The zero-order chi connectivity index (χ0) is 23.4. The van der Waals surface area contributed by atoms with Crippen LogP contribution in [0.25, 0.3) is 0 Å². The Morgan fingerprint density at radius 3 is 2.12 bits per heavy atom. The van der Waals surface area contributed by atoms with Crippen LogP contribution in [-0.2, 0) is 4.74 Å². The van der Waals surface area contributed by atoms with Crippen LogP contribution in [0.2, 0.25) is 5.02 Å². The Bertz CT molecular complexity index is 1210. The van der Waals surface area contributed by atoms with Crippen LogP contribution in [0.4, 0.5) is 11.4 Å². The van der Waals surface area contributed by atoms with E-state index in [9.17, 15) is 29.8 Å². The van der Waals surface area contributed by atoms with Gasteiger partial charge in [0.2, 0.25) is 5.78 Å². The number of esters is 1. The average molecular weight is 455 g/mol. The van der Waals surface area contributed by atoms with E-state index in [2.05, 4.69) is 0 Å². The molecule has 0 heterocycles. The van der Waals surface area contributed by atoms with Gasteiger partial charge in [-0.15, -0.1) is 0 Å². The predicted octanol–water partition coefficient (Wildman–Crippen LogP) is 5.25. The lowest BCUT2D eigenvalue weighted by molar-refractivity contribution is -0.394. The molecule has 3 rings (SSSR count). The molecule has 3 aromatic carbocycles. The zero-order valence-electron chi connectivity index (χ0n) is 16.6. The Morgan fingerprint density at radius 2 is 1.56 bits per heavy atom. The van der Waals surface area contributed by atoms with Gasteiger partial charge in [0.15, 0.2) is 6.10 Å². The molecule has 0 unspecified atom stereocenters. The van der Waals surface area contributed by atoms with E-state index in [4.69, 9.17) is 16.3 Å². The largest absolute Gasteiger partial charge is 0.445 e. The third kappa shape index (κ3) is 4.79. The second-order valence-electron chi connectivity index (χ2n) is 6.72. The van der Waals surface area contributed by atoms with Crippen molar-refractivity contribution in [2.75, 3.05) is 0 Å². The second kappa shape index (κ2) is 9.36. The fraction of sp³-hybridized carbons (Fsp3) is 0.0909. The molecular weight excluding hydrogens is 440 g/mol. The number of nitro benzene ring substituents is 2. The molecular formula is C22H15ClN2O7. The minimum Gasteiger partial charge on any atom is -0.445 e. The van der Waals surface area contributed by atoms with Crippen molar-refractivity contribution in [3.63, 3.8) is 0 Å². The van der Waals surface area contributed by atoms with E-state index in [1.165, 1.54) is 31.2 Å². The summed E-state index contributed by atoms with van der Waals surface area (Å²) in [6.07, 6.45) is -1.40. The topological polar surface area (TPSA) is 130 Å². The van der Waals surface area contributed by atoms with E-state index in [0.29, 0.717) is 10.6 Å². The van der Waals surface area contributed by atoms with E-state index in [1.54, 1.807) is 30.3 Å². The summed E-state index contributed by atoms with van der Waals surface area (Å²) in [5.41, 5.74) is -1.18. The van der Waals surface area contributed by atoms with Gasteiger partial charge >= 0.3 is 5.97 Å². The summed E-state index contributed by atoms with van der Waals surface area (Å²) in [6, 6.07) is 15.8.